The zero-order chi connectivity index (χ0) is 13.9. The topological polar surface area (TPSA) is 55.6 Å². The van der Waals surface area contributed by atoms with Crippen molar-refractivity contribution >= 4 is 5.91 Å². The van der Waals surface area contributed by atoms with Crippen molar-refractivity contribution in [2.45, 2.75) is 76.0 Å². The Bertz CT molecular complexity index is 345. The Morgan fingerprint density at radius 2 is 1.85 bits per heavy atom. The molecule has 2 N–H and O–H groups in total. The van der Waals surface area contributed by atoms with E-state index < -0.39 is 0 Å². The van der Waals surface area contributed by atoms with Crippen LogP contribution in [0.2, 0.25) is 0 Å². The Morgan fingerprint density at radius 3 is 2.70 bits per heavy atom. The van der Waals surface area contributed by atoms with Gasteiger partial charge in [0.15, 0.2) is 0 Å². The highest BCUT2D eigenvalue weighted by Gasteiger charge is 2.37. The standard InChI is InChI=1S/C16H28N2O2/c17-13-6-2-1-5-12(13)11-16(19)18-9-10-20-15-8-4-3-7-14(15)18/h12-15H,1-11,17H2. The first kappa shape index (κ1) is 14.3. The first-order valence-corrected chi connectivity index (χ1v) is 8.42. The Morgan fingerprint density at radius 1 is 1.10 bits per heavy atom. The molecule has 0 bridgehead atoms. The summed E-state index contributed by atoms with van der Waals surface area (Å²) in [7, 11) is 0. The molecule has 0 aromatic heterocycles. The van der Waals surface area contributed by atoms with Crippen molar-refractivity contribution in [1.82, 2.24) is 4.90 Å². The minimum absolute atomic E-state index is 0.232. The van der Waals surface area contributed by atoms with Gasteiger partial charge >= 0.3 is 0 Å². The molecule has 4 nitrogen and oxygen atoms in total. The van der Waals surface area contributed by atoms with E-state index in [0.29, 0.717) is 37.0 Å². The summed E-state index contributed by atoms with van der Waals surface area (Å²) in [4.78, 5) is 14.8. The van der Waals surface area contributed by atoms with Crippen LogP contribution in [-0.2, 0) is 9.53 Å². The molecular weight excluding hydrogens is 252 g/mol. The molecule has 2 saturated carbocycles. The third-order valence-corrected chi connectivity index (χ3v) is 5.46. The SMILES string of the molecule is NC1CCCCC1CC(=O)N1CCOC2CCCCC21. The second-order valence-corrected chi connectivity index (χ2v) is 6.76. The van der Waals surface area contributed by atoms with Gasteiger partial charge in [-0.25, -0.2) is 0 Å². The summed E-state index contributed by atoms with van der Waals surface area (Å²) in [6.07, 6.45) is 10.4. The lowest BCUT2D eigenvalue weighted by molar-refractivity contribution is -0.150. The lowest BCUT2D eigenvalue weighted by Crippen LogP contribution is -2.55. The number of rotatable bonds is 2. The molecule has 0 aromatic carbocycles. The summed E-state index contributed by atoms with van der Waals surface area (Å²) in [5.74, 6) is 0.730. The summed E-state index contributed by atoms with van der Waals surface area (Å²) in [6.45, 7) is 1.49. The number of carbonyl (C=O) groups excluding carboxylic acids is 1. The molecule has 0 spiro atoms. The third kappa shape index (κ3) is 3.01. The smallest absolute Gasteiger partial charge is 0.223 e. The number of morpholine rings is 1. The number of carbonyl (C=O) groups is 1. The number of ether oxygens (including phenoxy) is 1. The minimum atomic E-state index is 0.232. The van der Waals surface area contributed by atoms with Gasteiger partial charge in [0, 0.05) is 19.0 Å². The average Bonchev–Trinajstić information content (AvgIpc) is 2.49. The Hall–Kier alpha value is -0.610. The first-order chi connectivity index (χ1) is 9.75. The minimum Gasteiger partial charge on any atom is -0.374 e. The average molecular weight is 280 g/mol. The van der Waals surface area contributed by atoms with Gasteiger partial charge in [-0.3, -0.25) is 4.79 Å². The van der Waals surface area contributed by atoms with Crippen molar-refractivity contribution in [3.8, 4) is 0 Å². The highest BCUT2D eigenvalue weighted by Crippen LogP contribution is 2.31. The molecule has 3 aliphatic rings. The van der Waals surface area contributed by atoms with Crippen LogP contribution in [0.4, 0.5) is 0 Å². The number of amides is 1. The molecule has 1 aliphatic heterocycles. The van der Waals surface area contributed by atoms with Crippen LogP contribution < -0.4 is 5.73 Å². The third-order valence-electron chi connectivity index (χ3n) is 5.46. The molecular formula is C16H28N2O2. The predicted molar refractivity (Wildman–Crippen MR) is 78.3 cm³/mol. The second kappa shape index (κ2) is 6.44. The van der Waals surface area contributed by atoms with Crippen LogP contribution in [0.5, 0.6) is 0 Å². The fraction of sp³-hybridized carbons (Fsp3) is 0.938. The Kier molecular flexibility index (Phi) is 4.61. The Balaban J connectivity index is 1.60. The fourth-order valence-corrected chi connectivity index (χ4v) is 4.24. The fourth-order valence-electron chi connectivity index (χ4n) is 4.24. The largest absolute Gasteiger partial charge is 0.374 e. The molecule has 3 fully saturated rings. The highest BCUT2D eigenvalue weighted by molar-refractivity contribution is 5.77. The normalized spacial score (nSPS) is 38.4. The van der Waals surface area contributed by atoms with Crippen molar-refractivity contribution in [2.75, 3.05) is 13.2 Å². The van der Waals surface area contributed by atoms with E-state index in [2.05, 4.69) is 4.90 Å². The zero-order valence-electron chi connectivity index (χ0n) is 12.4. The van der Waals surface area contributed by atoms with Gasteiger partial charge in [0.2, 0.25) is 5.91 Å². The van der Waals surface area contributed by atoms with E-state index in [9.17, 15) is 4.79 Å². The molecule has 1 heterocycles. The van der Waals surface area contributed by atoms with E-state index in [0.717, 1.165) is 32.2 Å². The zero-order valence-corrected chi connectivity index (χ0v) is 12.4. The van der Waals surface area contributed by atoms with Gasteiger partial charge in [-0.15, -0.1) is 0 Å². The first-order valence-electron chi connectivity index (χ1n) is 8.42. The van der Waals surface area contributed by atoms with Gasteiger partial charge in [-0.1, -0.05) is 25.7 Å². The monoisotopic (exact) mass is 280 g/mol. The summed E-state index contributed by atoms with van der Waals surface area (Å²) >= 11 is 0. The molecule has 4 heteroatoms. The van der Waals surface area contributed by atoms with Gasteiger partial charge in [-0.2, -0.15) is 0 Å². The molecule has 1 amide bonds. The number of nitrogens with two attached hydrogens (primary N) is 1. The molecule has 1 saturated heterocycles. The molecule has 20 heavy (non-hydrogen) atoms. The summed E-state index contributed by atoms with van der Waals surface area (Å²) in [5, 5.41) is 0. The maximum Gasteiger partial charge on any atom is 0.223 e. The summed E-state index contributed by atoms with van der Waals surface area (Å²) in [6, 6.07) is 0.570. The van der Waals surface area contributed by atoms with Crippen LogP contribution in [0.1, 0.15) is 57.8 Å². The van der Waals surface area contributed by atoms with Gasteiger partial charge in [0.25, 0.3) is 0 Å². The lowest BCUT2D eigenvalue weighted by atomic mass is 9.82. The van der Waals surface area contributed by atoms with E-state index >= 15 is 0 Å². The van der Waals surface area contributed by atoms with Crippen molar-refractivity contribution < 1.29 is 9.53 Å². The van der Waals surface area contributed by atoms with Gasteiger partial charge in [0.1, 0.15) is 0 Å². The maximum atomic E-state index is 12.7. The molecule has 114 valence electrons. The molecule has 4 atom stereocenters. The molecule has 3 rings (SSSR count). The van der Waals surface area contributed by atoms with Crippen LogP contribution in [0.3, 0.4) is 0 Å². The van der Waals surface area contributed by atoms with Gasteiger partial charge < -0.3 is 15.4 Å². The maximum absolute atomic E-state index is 12.7. The van der Waals surface area contributed by atoms with Gasteiger partial charge in [-0.05, 0) is 31.6 Å². The quantitative estimate of drug-likeness (QED) is 0.842. The van der Waals surface area contributed by atoms with E-state index in [1.54, 1.807) is 0 Å². The molecule has 0 radical (unpaired) electrons. The number of fused-ring (bicyclic) bond motifs is 1. The lowest BCUT2D eigenvalue weighted by Gasteiger charge is -2.44. The Labute approximate surface area is 122 Å². The van der Waals surface area contributed by atoms with E-state index in [1.807, 2.05) is 0 Å². The van der Waals surface area contributed by atoms with Crippen molar-refractivity contribution in [3.63, 3.8) is 0 Å². The van der Waals surface area contributed by atoms with Crippen molar-refractivity contribution in [2.24, 2.45) is 11.7 Å². The number of nitrogens with zero attached hydrogens (tertiary/aromatic N) is 1. The van der Waals surface area contributed by atoms with Crippen LogP contribution in [0, 0.1) is 5.92 Å². The van der Waals surface area contributed by atoms with Crippen LogP contribution in [0.15, 0.2) is 0 Å². The van der Waals surface area contributed by atoms with Crippen molar-refractivity contribution in [3.05, 3.63) is 0 Å². The highest BCUT2D eigenvalue weighted by atomic mass is 16.5. The van der Waals surface area contributed by atoms with Crippen LogP contribution in [-0.4, -0.2) is 42.1 Å². The van der Waals surface area contributed by atoms with E-state index in [-0.39, 0.29) is 6.04 Å². The molecule has 4 unspecified atom stereocenters. The summed E-state index contributed by atoms with van der Waals surface area (Å²) in [5.41, 5.74) is 6.19. The van der Waals surface area contributed by atoms with Crippen LogP contribution in [0.25, 0.3) is 0 Å². The van der Waals surface area contributed by atoms with Crippen LogP contribution >= 0.6 is 0 Å². The predicted octanol–water partition coefficient (Wildman–Crippen LogP) is 2.06. The second-order valence-electron chi connectivity index (χ2n) is 6.76. The molecule has 2 aliphatic carbocycles. The van der Waals surface area contributed by atoms with Crippen molar-refractivity contribution in [1.29, 1.82) is 0 Å². The van der Waals surface area contributed by atoms with Gasteiger partial charge in [0.05, 0.1) is 18.8 Å². The van der Waals surface area contributed by atoms with E-state index in [4.69, 9.17) is 10.5 Å². The van der Waals surface area contributed by atoms with E-state index in [1.165, 1.54) is 25.7 Å². The number of hydrogen-bond acceptors (Lipinski definition) is 3. The molecule has 0 aromatic rings. The number of hydrogen-bond donors (Lipinski definition) is 1. The summed E-state index contributed by atoms with van der Waals surface area (Å²) < 4.78 is 5.85.